The smallest absolute Gasteiger partial charge is 0.417 e. The van der Waals surface area contributed by atoms with E-state index in [4.69, 9.17) is 4.74 Å². The van der Waals surface area contributed by atoms with Gasteiger partial charge in [-0.2, -0.15) is 0 Å². The number of fused-ring (bicyclic) bond motifs is 1. The van der Waals surface area contributed by atoms with E-state index in [-0.39, 0.29) is 29.2 Å². The highest BCUT2D eigenvalue weighted by Crippen LogP contribution is 2.27. The van der Waals surface area contributed by atoms with E-state index < -0.39 is 18.2 Å². The predicted molar refractivity (Wildman–Crippen MR) is 161 cm³/mol. The fraction of sp³-hybridized carbons (Fsp3) is 0.438. The Hall–Kier alpha value is -3.07. The minimum absolute atomic E-state index is 0.0705. The van der Waals surface area contributed by atoms with Gasteiger partial charge in [0.05, 0.1) is 19.1 Å². The lowest BCUT2D eigenvalue weighted by molar-refractivity contribution is -0.859. The molecule has 0 aromatic heterocycles. The van der Waals surface area contributed by atoms with Crippen LogP contribution in [0.4, 0.5) is 9.59 Å². The topological polar surface area (TPSA) is 87.7 Å². The number of ether oxygens (including phenoxy) is 1. The molecule has 1 fully saturated rings. The van der Waals surface area contributed by atoms with Crippen LogP contribution in [0.2, 0.25) is 0 Å². The number of aliphatic hydroxyl groups excluding tert-OH is 1. The molecule has 214 valence electrons. The first-order valence-corrected chi connectivity index (χ1v) is 15.1. The van der Waals surface area contributed by atoms with Crippen molar-refractivity contribution in [2.75, 3.05) is 25.4 Å². The number of urea groups is 1. The van der Waals surface area contributed by atoms with Crippen molar-refractivity contribution in [2.45, 2.75) is 69.2 Å². The lowest BCUT2D eigenvalue weighted by Crippen LogP contribution is -2.66. The van der Waals surface area contributed by atoms with Crippen molar-refractivity contribution in [3.63, 3.8) is 0 Å². The number of nitrogens with zero attached hydrogens (tertiary/aromatic N) is 1. The molecule has 0 radical (unpaired) electrons. The number of amides is 3. The van der Waals surface area contributed by atoms with Crippen molar-refractivity contribution in [1.29, 1.82) is 0 Å². The minimum Gasteiger partial charge on any atom is -0.445 e. The van der Waals surface area contributed by atoms with Crippen LogP contribution in [0.3, 0.4) is 0 Å². The molecule has 3 aromatic carbocycles. The molecule has 7 nitrogen and oxygen atoms in total. The third-order valence-corrected chi connectivity index (χ3v) is 8.37. The third-order valence-electron chi connectivity index (χ3n) is 7.25. The van der Waals surface area contributed by atoms with Crippen molar-refractivity contribution in [3.8, 4) is 0 Å². The van der Waals surface area contributed by atoms with Crippen molar-refractivity contribution in [2.24, 2.45) is 0 Å². The molecule has 0 aliphatic carbocycles. The van der Waals surface area contributed by atoms with E-state index in [1.165, 1.54) is 0 Å². The molecular weight excluding hydrogens is 522 g/mol. The summed E-state index contributed by atoms with van der Waals surface area (Å²) in [6.45, 7) is 7.61. The second kappa shape index (κ2) is 13.5. The van der Waals surface area contributed by atoms with E-state index >= 15 is 0 Å². The molecule has 4 rings (SSSR count). The number of thioether (sulfide) groups is 1. The quantitative estimate of drug-likeness (QED) is 0.216. The summed E-state index contributed by atoms with van der Waals surface area (Å²) in [7, 11) is 0. The van der Waals surface area contributed by atoms with Crippen LogP contribution < -0.4 is 10.6 Å². The summed E-state index contributed by atoms with van der Waals surface area (Å²) < 4.78 is 5.66. The Morgan fingerprint density at radius 3 is 2.33 bits per heavy atom. The van der Waals surface area contributed by atoms with Crippen molar-refractivity contribution >= 4 is 34.7 Å². The molecule has 8 heteroatoms. The predicted octanol–water partition coefficient (Wildman–Crippen LogP) is 6.10. The van der Waals surface area contributed by atoms with Gasteiger partial charge in [-0.15, -0.1) is 11.8 Å². The number of carbonyl (C=O) groups is 2. The van der Waals surface area contributed by atoms with E-state index in [1.54, 1.807) is 11.8 Å². The Bertz CT molecular complexity index is 1270. The number of aliphatic hydroxyl groups is 1. The van der Waals surface area contributed by atoms with Crippen LogP contribution in [-0.4, -0.2) is 64.8 Å². The summed E-state index contributed by atoms with van der Waals surface area (Å²) in [5.41, 5.74) is 0.507. The molecule has 0 bridgehead atoms. The van der Waals surface area contributed by atoms with Gasteiger partial charge in [0, 0.05) is 16.2 Å². The SMILES string of the molecule is CC(C)(C)NC(=O)[N+]1(C[C@H](O)[C@H](CSc2ccc3ccccc3c2)NC(=O)OCc2ccccc2)CCCCC1. The van der Waals surface area contributed by atoms with Gasteiger partial charge in [0.25, 0.3) is 0 Å². The number of alkyl carbamates (subject to hydrolysis) is 1. The zero-order valence-corrected chi connectivity index (χ0v) is 24.6. The second-order valence-electron chi connectivity index (χ2n) is 11.7. The van der Waals surface area contributed by atoms with E-state index in [9.17, 15) is 14.7 Å². The molecule has 1 aliphatic rings. The second-order valence-corrected chi connectivity index (χ2v) is 12.8. The fourth-order valence-corrected chi connectivity index (χ4v) is 6.17. The molecule has 40 heavy (non-hydrogen) atoms. The maximum absolute atomic E-state index is 13.5. The zero-order chi connectivity index (χ0) is 28.6. The maximum atomic E-state index is 13.5. The third kappa shape index (κ3) is 8.46. The minimum atomic E-state index is -0.943. The summed E-state index contributed by atoms with van der Waals surface area (Å²) in [6, 6.07) is 23.2. The Morgan fingerprint density at radius 1 is 0.950 bits per heavy atom. The normalized spacial score (nSPS) is 16.6. The van der Waals surface area contributed by atoms with E-state index in [0.717, 1.165) is 40.5 Å². The van der Waals surface area contributed by atoms with E-state index in [0.29, 0.717) is 18.8 Å². The number of carbonyl (C=O) groups excluding carboxylic acids is 2. The fourth-order valence-electron chi connectivity index (χ4n) is 5.12. The monoisotopic (exact) mass is 564 g/mol. The first-order chi connectivity index (χ1) is 19.1. The lowest BCUT2D eigenvalue weighted by Gasteiger charge is -2.42. The molecule has 1 aliphatic heterocycles. The first-order valence-electron chi connectivity index (χ1n) is 14.1. The van der Waals surface area contributed by atoms with E-state index in [2.05, 4.69) is 41.0 Å². The van der Waals surface area contributed by atoms with E-state index in [1.807, 2.05) is 63.2 Å². The molecule has 3 N–H and O–H groups in total. The van der Waals surface area contributed by atoms with Gasteiger partial charge in [0.2, 0.25) is 0 Å². The van der Waals surface area contributed by atoms with Crippen LogP contribution >= 0.6 is 11.8 Å². The number of benzene rings is 3. The molecule has 0 saturated carbocycles. The van der Waals surface area contributed by atoms with Crippen LogP contribution in [0, 0.1) is 0 Å². The van der Waals surface area contributed by atoms with Gasteiger partial charge in [-0.25, -0.2) is 14.1 Å². The van der Waals surface area contributed by atoms with Crippen LogP contribution in [0.25, 0.3) is 10.8 Å². The Morgan fingerprint density at radius 2 is 1.62 bits per heavy atom. The van der Waals surface area contributed by atoms with Gasteiger partial charge in [-0.05, 0) is 68.5 Å². The molecule has 1 heterocycles. The highest BCUT2D eigenvalue weighted by molar-refractivity contribution is 7.99. The molecular formula is C32H42N3O4S+. The molecule has 1 saturated heterocycles. The Labute approximate surface area is 241 Å². The Balaban J connectivity index is 1.49. The average Bonchev–Trinajstić information content (AvgIpc) is 2.94. The number of rotatable bonds is 9. The van der Waals surface area contributed by atoms with Crippen LogP contribution in [0.5, 0.6) is 0 Å². The van der Waals surface area contributed by atoms with Crippen LogP contribution in [0.15, 0.2) is 77.7 Å². The zero-order valence-electron chi connectivity index (χ0n) is 23.8. The van der Waals surface area contributed by atoms with Gasteiger partial charge in [-0.1, -0.05) is 60.7 Å². The molecule has 3 aromatic rings. The highest BCUT2D eigenvalue weighted by atomic mass is 32.2. The number of hydrogen-bond acceptors (Lipinski definition) is 5. The Kier molecular flexibility index (Phi) is 10.1. The van der Waals surface area contributed by atoms with Gasteiger partial charge < -0.3 is 20.5 Å². The number of likely N-dealkylation sites (tertiary alicyclic amines) is 1. The van der Waals surface area contributed by atoms with Gasteiger partial charge in [-0.3, -0.25) is 0 Å². The van der Waals surface area contributed by atoms with Crippen molar-refractivity contribution in [3.05, 3.63) is 78.4 Å². The molecule has 2 atom stereocenters. The summed E-state index contributed by atoms with van der Waals surface area (Å²) in [5, 5.41) is 19.9. The van der Waals surface area contributed by atoms with Crippen molar-refractivity contribution < 1.29 is 23.9 Å². The highest BCUT2D eigenvalue weighted by Gasteiger charge is 2.43. The lowest BCUT2D eigenvalue weighted by atomic mass is 10.0. The summed E-state index contributed by atoms with van der Waals surface area (Å²) in [5.74, 6) is 0.431. The number of piperidine rings is 1. The summed E-state index contributed by atoms with van der Waals surface area (Å²) >= 11 is 1.57. The van der Waals surface area contributed by atoms with Crippen molar-refractivity contribution in [1.82, 2.24) is 10.6 Å². The molecule has 0 unspecified atom stereocenters. The largest absolute Gasteiger partial charge is 0.445 e. The molecule has 3 amide bonds. The number of hydrogen-bond donors (Lipinski definition) is 3. The molecule has 0 spiro atoms. The van der Waals surface area contributed by atoms with Gasteiger partial charge in [0.1, 0.15) is 19.3 Å². The average molecular weight is 565 g/mol. The van der Waals surface area contributed by atoms with Crippen LogP contribution in [0.1, 0.15) is 45.6 Å². The standard InChI is InChI=1S/C32H41N3O4S/c1-32(2,3)34-30(37)35(18-10-5-11-19-35)21-29(36)28(33-31(38)39-22-24-12-6-4-7-13-24)23-40-27-17-16-25-14-8-9-15-26(25)20-27/h4,6-9,12-17,20,28-29,36H,5,10-11,18-19,21-23H2,1-3H3,(H-,33,34,37,38)/p+1/t28-,29-/m0/s1. The number of quaternary nitrogens is 1. The number of nitrogens with one attached hydrogen (secondary N) is 2. The van der Waals surface area contributed by atoms with Crippen LogP contribution in [-0.2, 0) is 11.3 Å². The summed E-state index contributed by atoms with van der Waals surface area (Å²) in [6.07, 6.45) is 1.39. The summed E-state index contributed by atoms with van der Waals surface area (Å²) in [4.78, 5) is 27.4. The first kappa shape index (κ1) is 29.9. The van der Waals surface area contributed by atoms with Gasteiger partial charge >= 0.3 is 12.1 Å². The maximum Gasteiger partial charge on any atom is 0.417 e. The van der Waals surface area contributed by atoms with Gasteiger partial charge in [0.15, 0.2) is 0 Å².